The molecule has 0 spiro atoms. The van der Waals surface area contributed by atoms with Gasteiger partial charge in [-0.1, -0.05) is 6.07 Å². The molecule has 0 aliphatic carbocycles. The van der Waals surface area contributed by atoms with Gasteiger partial charge in [0, 0.05) is 39.5 Å². The zero-order valence-electron chi connectivity index (χ0n) is 14.1. The molecule has 0 heterocycles. The molecule has 1 rings (SSSR count). The quantitative estimate of drug-likeness (QED) is 0.294. The Balaban J connectivity index is 0.00000441. The standard InChI is InChI=1S/C16H28N4O.HI/c1-5-21-10-6-9-18-16(17)19-12-14-7-8-15(20(3)4)11-13(14)2;/h7-8,11H,5-6,9-10,12H2,1-4H3,(H3,17,18,19);1H. The first-order valence-corrected chi connectivity index (χ1v) is 7.43. The Labute approximate surface area is 151 Å². The monoisotopic (exact) mass is 420 g/mol. The lowest BCUT2D eigenvalue weighted by molar-refractivity contribution is 0.145. The SMILES string of the molecule is CCOCCCNC(N)=NCc1ccc(N(C)C)cc1C.I. The van der Waals surface area contributed by atoms with Crippen LogP contribution in [0.15, 0.2) is 23.2 Å². The number of ether oxygens (including phenoxy) is 1. The van der Waals surface area contributed by atoms with Crippen LogP contribution < -0.4 is 16.0 Å². The van der Waals surface area contributed by atoms with Crippen LogP contribution in [0.4, 0.5) is 5.69 Å². The van der Waals surface area contributed by atoms with E-state index < -0.39 is 0 Å². The number of hydrogen-bond donors (Lipinski definition) is 2. The fourth-order valence-electron chi connectivity index (χ4n) is 1.90. The first-order valence-electron chi connectivity index (χ1n) is 7.43. The van der Waals surface area contributed by atoms with Crippen LogP contribution in [0.3, 0.4) is 0 Å². The first kappa shape index (κ1) is 21.0. The van der Waals surface area contributed by atoms with Gasteiger partial charge in [0.25, 0.3) is 0 Å². The van der Waals surface area contributed by atoms with Gasteiger partial charge in [0.1, 0.15) is 0 Å². The third-order valence-corrected chi connectivity index (χ3v) is 3.24. The molecule has 3 N–H and O–H groups in total. The van der Waals surface area contributed by atoms with Crippen molar-refractivity contribution in [2.24, 2.45) is 10.7 Å². The number of rotatable bonds is 8. The number of aryl methyl sites for hydroxylation is 1. The highest BCUT2D eigenvalue weighted by atomic mass is 127. The first-order chi connectivity index (χ1) is 10.0. The molecule has 1 aromatic carbocycles. The minimum Gasteiger partial charge on any atom is -0.382 e. The van der Waals surface area contributed by atoms with E-state index in [1.54, 1.807) is 0 Å². The Morgan fingerprint density at radius 3 is 2.68 bits per heavy atom. The number of nitrogens with zero attached hydrogens (tertiary/aromatic N) is 2. The summed E-state index contributed by atoms with van der Waals surface area (Å²) in [5, 5.41) is 3.10. The number of nitrogens with one attached hydrogen (secondary N) is 1. The Morgan fingerprint density at radius 1 is 1.36 bits per heavy atom. The summed E-state index contributed by atoms with van der Waals surface area (Å²) in [5.74, 6) is 0.489. The van der Waals surface area contributed by atoms with E-state index in [4.69, 9.17) is 10.5 Å². The molecule has 5 nitrogen and oxygen atoms in total. The van der Waals surface area contributed by atoms with Crippen molar-refractivity contribution in [3.8, 4) is 0 Å². The molecule has 0 aliphatic rings. The maximum atomic E-state index is 5.85. The van der Waals surface area contributed by atoms with E-state index in [2.05, 4.69) is 40.3 Å². The smallest absolute Gasteiger partial charge is 0.188 e. The summed E-state index contributed by atoms with van der Waals surface area (Å²) in [6.45, 7) is 6.99. The summed E-state index contributed by atoms with van der Waals surface area (Å²) >= 11 is 0. The van der Waals surface area contributed by atoms with Crippen molar-refractivity contribution < 1.29 is 4.74 Å². The van der Waals surface area contributed by atoms with Crippen LogP contribution >= 0.6 is 24.0 Å². The summed E-state index contributed by atoms with van der Waals surface area (Å²) in [7, 11) is 4.08. The van der Waals surface area contributed by atoms with E-state index in [9.17, 15) is 0 Å². The van der Waals surface area contributed by atoms with Gasteiger partial charge in [0.15, 0.2) is 5.96 Å². The summed E-state index contributed by atoms with van der Waals surface area (Å²) in [4.78, 5) is 6.47. The van der Waals surface area contributed by atoms with Crippen molar-refractivity contribution >= 4 is 35.6 Å². The van der Waals surface area contributed by atoms with Crippen LogP contribution in [-0.4, -0.2) is 39.8 Å². The van der Waals surface area contributed by atoms with Crippen molar-refractivity contribution in [3.05, 3.63) is 29.3 Å². The molecule has 22 heavy (non-hydrogen) atoms. The predicted molar refractivity (Wildman–Crippen MR) is 105 cm³/mol. The zero-order chi connectivity index (χ0) is 15.7. The normalized spacial score (nSPS) is 11.0. The fraction of sp³-hybridized carbons (Fsp3) is 0.562. The molecule has 1 aromatic rings. The second-order valence-electron chi connectivity index (χ2n) is 5.18. The molecule has 126 valence electrons. The number of hydrogen-bond acceptors (Lipinski definition) is 3. The van der Waals surface area contributed by atoms with E-state index in [0.29, 0.717) is 12.5 Å². The molecule has 0 unspecified atom stereocenters. The number of guanidine groups is 1. The topological polar surface area (TPSA) is 62.9 Å². The summed E-state index contributed by atoms with van der Waals surface area (Å²) in [6.07, 6.45) is 0.931. The van der Waals surface area contributed by atoms with Crippen molar-refractivity contribution in [2.45, 2.75) is 26.8 Å². The van der Waals surface area contributed by atoms with Gasteiger partial charge in [-0.25, -0.2) is 4.99 Å². The van der Waals surface area contributed by atoms with Gasteiger partial charge in [0.2, 0.25) is 0 Å². The van der Waals surface area contributed by atoms with Gasteiger partial charge in [-0.15, -0.1) is 24.0 Å². The van der Waals surface area contributed by atoms with E-state index in [1.165, 1.54) is 16.8 Å². The minimum atomic E-state index is 0. The molecule has 6 heteroatoms. The summed E-state index contributed by atoms with van der Waals surface area (Å²) in [5.41, 5.74) is 9.48. The summed E-state index contributed by atoms with van der Waals surface area (Å²) in [6, 6.07) is 6.37. The maximum absolute atomic E-state index is 5.85. The highest BCUT2D eigenvalue weighted by Gasteiger charge is 2.01. The number of halogens is 1. The van der Waals surface area contributed by atoms with Crippen molar-refractivity contribution in [1.29, 1.82) is 0 Å². The third kappa shape index (κ3) is 7.84. The van der Waals surface area contributed by atoms with Gasteiger partial charge in [-0.3, -0.25) is 0 Å². The molecule has 0 saturated heterocycles. The van der Waals surface area contributed by atoms with E-state index in [1.807, 2.05) is 21.0 Å². The van der Waals surface area contributed by atoms with Crippen LogP contribution in [-0.2, 0) is 11.3 Å². The van der Waals surface area contributed by atoms with Crippen LogP contribution in [0.1, 0.15) is 24.5 Å². The number of benzene rings is 1. The second kappa shape index (κ2) is 11.5. The molecule has 0 bridgehead atoms. The summed E-state index contributed by atoms with van der Waals surface area (Å²) < 4.78 is 5.27. The van der Waals surface area contributed by atoms with Crippen LogP contribution in [0.5, 0.6) is 0 Å². The molecule has 0 amide bonds. The Bertz CT molecular complexity index is 463. The molecular formula is C16H29IN4O. The number of anilines is 1. The lowest BCUT2D eigenvalue weighted by Gasteiger charge is -2.14. The zero-order valence-corrected chi connectivity index (χ0v) is 16.4. The van der Waals surface area contributed by atoms with Gasteiger partial charge >= 0.3 is 0 Å². The molecule has 0 fully saturated rings. The van der Waals surface area contributed by atoms with E-state index >= 15 is 0 Å². The largest absolute Gasteiger partial charge is 0.382 e. The van der Waals surface area contributed by atoms with E-state index in [-0.39, 0.29) is 24.0 Å². The highest BCUT2D eigenvalue weighted by Crippen LogP contribution is 2.17. The lowest BCUT2D eigenvalue weighted by atomic mass is 10.1. The Kier molecular flexibility index (Phi) is 11.0. The molecule has 0 radical (unpaired) electrons. The Morgan fingerprint density at radius 2 is 2.09 bits per heavy atom. The van der Waals surface area contributed by atoms with E-state index in [0.717, 1.165) is 26.2 Å². The van der Waals surface area contributed by atoms with Gasteiger partial charge in [-0.05, 0) is 43.5 Å². The van der Waals surface area contributed by atoms with Crippen molar-refractivity contribution in [1.82, 2.24) is 5.32 Å². The molecule has 0 atom stereocenters. The predicted octanol–water partition coefficient (Wildman–Crippen LogP) is 2.51. The average Bonchev–Trinajstić information content (AvgIpc) is 2.45. The molecule has 0 saturated carbocycles. The fourth-order valence-corrected chi connectivity index (χ4v) is 1.90. The van der Waals surface area contributed by atoms with Gasteiger partial charge < -0.3 is 20.7 Å². The van der Waals surface area contributed by atoms with Crippen molar-refractivity contribution in [3.63, 3.8) is 0 Å². The Hall–Kier alpha value is -1.02. The van der Waals surface area contributed by atoms with Gasteiger partial charge in [0.05, 0.1) is 6.54 Å². The number of nitrogens with two attached hydrogens (primary N) is 1. The molecular weight excluding hydrogens is 391 g/mol. The average molecular weight is 420 g/mol. The highest BCUT2D eigenvalue weighted by molar-refractivity contribution is 14.0. The second-order valence-corrected chi connectivity index (χ2v) is 5.18. The minimum absolute atomic E-state index is 0. The molecule has 0 aromatic heterocycles. The van der Waals surface area contributed by atoms with Crippen LogP contribution in [0, 0.1) is 6.92 Å². The lowest BCUT2D eigenvalue weighted by Crippen LogP contribution is -2.32. The number of aliphatic imine (C=N–C) groups is 1. The van der Waals surface area contributed by atoms with Crippen LogP contribution in [0.25, 0.3) is 0 Å². The van der Waals surface area contributed by atoms with Crippen molar-refractivity contribution in [2.75, 3.05) is 38.8 Å². The van der Waals surface area contributed by atoms with Crippen LogP contribution in [0.2, 0.25) is 0 Å². The third-order valence-electron chi connectivity index (χ3n) is 3.24. The molecule has 0 aliphatic heterocycles. The van der Waals surface area contributed by atoms with Gasteiger partial charge in [-0.2, -0.15) is 0 Å². The maximum Gasteiger partial charge on any atom is 0.188 e.